The zero-order valence-electron chi connectivity index (χ0n) is 29.0. The Kier molecular flexibility index (Phi) is 17.3. The number of nitrogens with one attached hydrogen (secondary N) is 5. The van der Waals surface area contributed by atoms with Crippen LogP contribution in [-0.2, 0) is 30.5 Å². The average molecular weight is 663 g/mol. The second-order valence-corrected chi connectivity index (χ2v) is 12.7. The van der Waals surface area contributed by atoms with Gasteiger partial charge in [-0.3, -0.25) is 24.1 Å². The predicted octanol–water partition coefficient (Wildman–Crippen LogP) is 1.52. The van der Waals surface area contributed by atoms with Crippen molar-refractivity contribution in [2.45, 2.75) is 85.0 Å². The number of likely N-dealkylation sites (N-methyl/N-ethyl adjacent to an activating group) is 2. The molecule has 15 nitrogen and oxygen atoms in total. The fraction of sp³-hybridized carbons (Fsp3) is 0.625. The monoisotopic (exact) mass is 662 g/mol. The van der Waals surface area contributed by atoms with Crippen molar-refractivity contribution < 1.29 is 33.5 Å². The van der Waals surface area contributed by atoms with Crippen LogP contribution in [0.3, 0.4) is 0 Å². The lowest BCUT2D eigenvalue weighted by Crippen LogP contribution is -2.55. The van der Waals surface area contributed by atoms with E-state index >= 15 is 0 Å². The summed E-state index contributed by atoms with van der Waals surface area (Å²) in [4.78, 5) is 77.6. The van der Waals surface area contributed by atoms with Gasteiger partial charge in [0.1, 0.15) is 18.7 Å². The maximum atomic E-state index is 13.3. The van der Waals surface area contributed by atoms with E-state index in [2.05, 4.69) is 52.3 Å². The van der Waals surface area contributed by atoms with Gasteiger partial charge in [-0.1, -0.05) is 32.9 Å². The lowest BCUT2D eigenvalue weighted by molar-refractivity contribution is -0.132. The Labute approximate surface area is 278 Å². The third kappa shape index (κ3) is 16.1. The SMILES string of the molecule is CCC(=O)NCC(=O)N[C@H](C(=O)N[C@@H](CCCNC(N)=O)C(=O)Nc1ccc(COC(=O)N(C)CCN(C)C(C)(C)C)cc1)C(C)C. The third-order valence-corrected chi connectivity index (χ3v) is 7.45. The fourth-order valence-corrected chi connectivity index (χ4v) is 4.01. The Morgan fingerprint density at radius 3 is 2.09 bits per heavy atom. The maximum Gasteiger partial charge on any atom is 0.409 e. The molecule has 0 aliphatic heterocycles. The molecule has 15 heteroatoms. The highest BCUT2D eigenvalue weighted by atomic mass is 16.6. The number of hydrogen-bond acceptors (Lipinski definition) is 8. The summed E-state index contributed by atoms with van der Waals surface area (Å²) in [6.07, 6.45) is 0.257. The summed E-state index contributed by atoms with van der Waals surface area (Å²) in [6.45, 7) is 12.6. The predicted molar refractivity (Wildman–Crippen MR) is 179 cm³/mol. The molecule has 2 atom stereocenters. The summed E-state index contributed by atoms with van der Waals surface area (Å²) >= 11 is 0. The van der Waals surface area contributed by atoms with E-state index in [1.54, 1.807) is 52.1 Å². The van der Waals surface area contributed by atoms with Crippen LogP contribution in [0, 0.1) is 5.92 Å². The summed E-state index contributed by atoms with van der Waals surface area (Å²) in [5.41, 5.74) is 6.27. The molecule has 0 spiro atoms. The zero-order valence-corrected chi connectivity index (χ0v) is 29.0. The third-order valence-electron chi connectivity index (χ3n) is 7.45. The molecule has 0 aromatic heterocycles. The molecular formula is C32H54N8O7. The van der Waals surface area contributed by atoms with E-state index in [1.807, 2.05) is 7.05 Å². The first-order valence-electron chi connectivity index (χ1n) is 15.8. The Bertz CT molecular complexity index is 1200. The van der Waals surface area contributed by atoms with Gasteiger partial charge in [-0.2, -0.15) is 0 Å². The van der Waals surface area contributed by atoms with Gasteiger partial charge in [-0.25, -0.2) is 9.59 Å². The number of carbonyl (C=O) groups excluding carboxylic acids is 6. The van der Waals surface area contributed by atoms with Gasteiger partial charge in [0.05, 0.1) is 6.54 Å². The minimum absolute atomic E-state index is 0.0150. The van der Waals surface area contributed by atoms with E-state index in [0.29, 0.717) is 30.8 Å². The van der Waals surface area contributed by atoms with Crippen LogP contribution in [0.15, 0.2) is 24.3 Å². The van der Waals surface area contributed by atoms with Gasteiger partial charge in [0.15, 0.2) is 0 Å². The van der Waals surface area contributed by atoms with Crippen LogP contribution in [0.5, 0.6) is 0 Å². The Morgan fingerprint density at radius 1 is 0.894 bits per heavy atom. The van der Waals surface area contributed by atoms with Gasteiger partial charge in [0.2, 0.25) is 23.6 Å². The first kappa shape index (κ1) is 40.6. The number of carbonyl (C=O) groups is 6. The second kappa shape index (κ2) is 20.0. The number of benzene rings is 1. The van der Waals surface area contributed by atoms with Crippen LogP contribution in [-0.4, -0.2) is 103 Å². The van der Waals surface area contributed by atoms with Gasteiger partial charge in [0.25, 0.3) is 0 Å². The van der Waals surface area contributed by atoms with Crippen molar-refractivity contribution in [2.75, 3.05) is 45.6 Å². The molecule has 7 amide bonds. The number of rotatable bonds is 18. The molecule has 0 saturated carbocycles. The van der Waals surface area contributed by atoms with E-state index in [0.717, 1.165) is 0 Å². The average Bonchev–Trinajstić information content (AvgIpc) is 3.00. The molecule has 47 heavy (non-hydrogen) atoms. The molecule has 0 fully saturated rings. The molecule has 1 rings (SSSR count). The quantitative estimate of drug-likeness (QED) is 0.127. The van der Waals surface area contributed by atoms with E-state index in [9.17, 15) is 28.8 Å². The first-order valence-corrected chi connectivity index (χ1v) is 15.8. The highest BCUT2D eigenvalue weighted by molar-refractivity contribution is 5.98. The minimum atomic E-state index is -1.01. The van der Waals surface area contributed by atoms with Crippen molar-refractivity contribution in [3.63, 3.8) is 0 Å². The van der Waals surface area contributed by atoms with E-state index in [4.69, 9.17) is 10.5 Å². The zero-order chi connectivity index (χ0) is 35.7. The molecule has 1 aromatic rings. The van der Waals surface area contributed by atoms with Crippen molar-refractivity contribution in [2.24, 2.45) is 11.7 Å². The number of amides is 7. The summed E-state index contributed by atoms with van der Waals surface area (Å²) in [5.74, 6) is -2.26. The normalized spacial score (nSPS) is 12.5. The Morgan fingerprint density at radius 2 is 1.53 bits per heavy atom. The molecule has 0 bridgehead atoms. The first-order chi connectivity index (χ1) is 21.9. The van der Waals surface area contributed by atoms with Crippen LogP contribution in [0.1, 0.15) is 66.4 Å². The largest absolute Gasteiger partial charge is 0.445 e. The van der Waals surface area contributed by atoms with Crippen LogP contribution in [0.2, 0.25) is 0 Å². The summed E-state index contributed by atoms with van der Waals surface area (Å²) in [7, 11) is 3.68. The van der Waals surface area contributed by atoms with Gasteiger partial charge in [-0.05, 0) is 64.3 Å². The van der Waals surface area contributed by atoms with Gasteiger partial charge in [-0.15, -0.1) is 0 Å². The van der Waals surface area contributed by atoms with Crippen LogP contribution in [0.25, 0.3) is 0 Å². The minimum Gasteiger partial charge on any atom is -0.445 e. The van der Waals surface area contributed by atoms with Crippen molar-refractivity contribution >= 4 is 41.4 Å². The lowest BCUT2D eigenvalue weighted by atomic mass is 10.0. The van der Waals surface area contributed by atoms with Gasteiger partial charge < -0.3 is 42.0 Å². The Balaban J connectivity index is 2.85. The Hall–Kier alpha value is -4.40. The molecular weight excluding hydrogens is 608 g/mol. The van der Waals surface area contributed by atoms with Gasteiger partial charge >= 0.3 is 12.1 Å². The molecule has 0 heterocycles. The summed E-state index contributed by atoms with van der Waals surface area (Å²) < 4.78 is 5.43. The van der Waals surface area contributed by atoms with Crippen LogP contribution in [0.4, 0.5) is 15.3 Å². The van der Waals surface area contributed by atoms with Gasteiger partial charge in [0, 0.05) is 44.3 Å². The second-order valence-electron chi connectivity index (χ2n) is 12.7. The van der Waals surface area contributed by atoms with E-state index in [-0.39, 0.29) is 49.9 Å². The molecule has 0 aliphatic rings. The smallest absolute Gasteiger partial charge is 0.409 e. The molecule has 0 radical (unpaired) electrons. The lowest BCUT2D eigenvalue weighted by Gasteiger charge is -2.33. The molecule has 264 valence electrons. The number of ether oxygens (including phenoxy) is 1. The molecule has 0 unspecified atom stereocenters. The van der Waals surface area contributed by atoms with Crippen molar-refractivity contribution in [3.8, 4) is 0 Å². The van der Waals surface area contributed by atoms with Crippen molar-refractivity contribution in [1.29, 1.82) is 0 Å². The molecule has 1 aromatic carbocycles. The maximum absolute atomic E-state index is 13.3. The standard InChI is InChI=1S/C32H54N8O7/c1-9-25(41)35-19-26(42)38-27(21(2)3)29(44)37-24(11-10-16-34-30(33)45)28(43)36-23-14-12-22(13-15-23)20-47-31(46)39(7)17-18-40(8)32(4,5)6/h12-15,21,24,27H,9-11,16-20H2,1-8H3,(H,35,41)(H,36,43)(H,37,44)(H,38,42)(H3,33,34,45)/t24-,27-/m0/s1. The molecule has 7 N–H and O–H groups in total. The van der Waals surface area contributed by atoms with E-state index in [1.165, 1.54) is 4.90 Å². The van der Waals surface area contributed by atoms with Crippen molar-refractivity contribution in [3.05, 3.63) is 29.8 Å². The van der Waals surface area contributed by atoms with Crippen molar-refractivity contribution in [1.82, 2.24) is 31.1 Å². The number of anilines is 1. The number of urea groups is 1. The van der Waals surface area contributed by atoms with Crippen LogP contribution < -0.4 is 32.3 Å². The highest BCUT2D eigenvalue weighted by Crippen LogP contribution is 2.14. The number of nitrogens with two attached hydrogens (primary N) is 1. The van der Waals surface area contributed by atoms with E-state index < -0.39 is 41.9 Å². The fourth-order valence-electron chi connectivity index (χ4n) is 4.01. The summed E-state index contributed by atoms with van der Waals surface area (Å²) in [6, 6.07) is 4.03. The number of primary amides is 1. The number of hydrogen-bond donors (Lipinski definition) is 6. The van der Waals surface area contributed by atoms with Crippen LogP contribution >= 0.6 is 0 Å². The number of nitrogens with zero attached hydrogens (tertiary/aromatic N) is 2. The molecule has 0 saturated heterocycles. The topological polar surface area (TPSA) is 204 Å². The summed E-state index contributed by atoms with van der Waals surface area (Å²) in [5, 5.41) is 13.0. The molecule has 0 aliphatic carbocycles. The highest BCUT2D eigenvalue weighted by Gasteiger charge is 2.29.